The summed E-state index contributed by atoms with van der Waals surface area (Å²) in [6, 6.07) is 12.7. The summed E-state index contributed by atoms with van der Waals surface area (Å²) >= 11 is 0. The van der Waals surface area contributed by atoms with E-state index >= 15 is 0 Å². The standard InChI is InChI=1S/C16H17NO4S/c1-12-7-8-15(18)14(11-12)16(19)9-10-17-22(20,21)13-5-3-2-4-6-13/h2-8,11,17-18H,9-10H2,1H3. The smallest absolute Gasteiger partial charge is 0.240 e. The fourth-order valence-electron chi connectivity index (χ4n) is 1.99. The molecule has 0 saturated carbocycles. The van der Waals surface area contributed by atoms with Crippen molar-refractivity contribution in [2.75, 3.05) is 6.54 Å². The van der Waals surface area contributed by atoms with Gasteiger partial charge in [-0.15, -0.1) is 0 Å². The van der Waals surface area contributed by atoms with E-state index in [0.717, 1.165) is 5.56 Å². The van der Waals surface area contributed by atoms with Crippen LogP contribution in [0.1, 0.15) is 22.3 Å². The molecule has 0 bridgehead atoms. The van der Waals surface area contributed by atoms with E-state index in [0.29, 0.717) is 0 Å². The molecule has 116 valence electrons. The van der Waals surface area contributed by atoms with Crippen molar-refractivity contribution < 1.29 is 18.3 Å². The third-order valence-electron chi connectivity index (χ3n) is 3.15. The molecular weight excluding hydrogens is 302 g/mol. The van der Waals surface area contributed by atoms with Gasteiger partial charge in [0.1, 0.15) is 5.75 Å². The Bertz CT molecular complexity index is 770. The van der Waals surface area contributed by atoms with Gasteiger partial charge in [-0.05, 0) is 31.2 Å². The average molecular weight is 319 g/mol. The topological polar surface area (TPSA) is 83.5 Å². The van der Waals surface area contributed by atoms with Crippen molar-refractivity contribution in [1.29, 1.82) is 0 Å². The summed E-state index contributed by atoms with van der Waals surface area (Å²) in [6.45, 7) is 1.79. The van der Waals surface area contributed by atoms with Crippen LogP contribution >= 0.6 is 0 Å². The van der Waals surface area contributed by atoms with Gasteiger partial charge in [0.25, 0.3) is 0 Å². The van der Waals surface area contributed by atoms with E-state index in [2.05, 4.69) is 4.72 Å². The highest BCUT2D eigenvalue weighted by Gasteiger charge is 2.15. The quantitative estimate of drug-likeness (QED) is 0.800. The Kier molecular flexibility index (Phi) is 4.95. The predicted molar refractivity (Wildman–Crippen MR) is 83.4 cm³/mol. The van der Waals surface area contributed by atoms with Crippen LogP contribution in [0.15, 0.2) is 53.4 Å². The number of carbonyl (C=O) groups excluding carboxylic acids is 1. The number of hydrogen-bond donors (Lipinski definition) is 2. The van der Waals surface area contributed by atoms with Gasteiger partial charge in [0.05, 0.1) is 10.5 Å². The Hall–Kier alpha value is -2.18. The average Bonchev–Trinajstić information content (AvgIpc) is 2.50. The van der Waals surface area contributed by atoms with Crippen LogP contribution in [-0.4, -0.2) is 25.9 Å². The number of carbonyl (C=O) groups is 1. The van der Waals surface area contributed by atoms with Gasteiger partial charge in [0, 0.05) is 13.0 Å². The van der Waals surface area contributed by atoms with Crippen molar-refractivity contribution in [3.63, 3.8) is 0 Å². The minimum atomic E-state index is -3.62. The first-order valence-electron chi connectivity index (χ1n) is 6.78. The zero-order valence-corrected chi connectivity index (χ0v) is 12.9. The van der Waals surface area contributed by atoms with Crippen LogP contribution in [0.5, 0.6) is 5.75 Å². The number of Topliss-reactive ketones (excluding diaryl/α,β-unsaturated/α-hetero) is 1. The van der Waals surface area contributed by atoms with E-state index in [1.54, 1.807) is 30.3 Å². The maximum absolute atomic E-state index is 12.0. The van der Waals surface area contributed by atoms with Gasteiger partial charge < -0.3 is 5.11 Å². The molecule has 0 atom stereocenters. The maximum Gasteiger partial charge on any atom is 0.240 e. The van der Waals surface area contributed by atoms with Gasteiger partial charge in [-0.25, -0.2) is 13.1 Å². The molecular formula is C16H17NO4S. The Labute approximate surface area is 129 Å². The van der Waals surface area contributed by atoms with Crippen molar-refractivity contribution in [2.24, 2.45) is 0 Å². The number of hydrogen-bond acceptors (Lipinski definition) is 4. The second kappa shape index (κ2) is 6.72. The first-order chi connectivity index (χ1) is 10.4. The highest BCUT2D eigenvalue weighted by Crippen LogP contribution is 2.19. The van der Waals surface area contributed by atoms with Gasteiger partial charge in [0.15, 0.2) is 5.78 Å². The van der Waals surface area contributed by atoms with Gasteiger partial charge >= 0.3 is 0 Å². The molecule has 0 aliphatic heterocycles. The van der Waals surface area contributed by atoms with E-state index in [9.17, 15) is 18.3 Å². The second-order valence-electron chi connectivity index (χ2n) is 4.90. The molecule has 2 aromatic carbocycles. The van der Waals surface area contributed by atoms with Crippen molar-refractivity contribution in [1.82, 2.24) is 4.72 Å². The molecule has 0 amide bonds. The number of aromatic hydroxyl groups is 1. The SMILES string of the molecule is Cc1ccc(O)c(C(=O)CCNS(=O)(=O)c2ccccc2)c1. The van der Waals surface area contributed by atoms with Crippen LogP contribution in [0.25, 0.3) is 0 Å². The van der Waals surface area contributed by atoms with E-state index in [4.69, 9.17) is 0 Å². The summed E-state index contributed by atoms with van der Waals surface area (Å²) < 4.78 is 26.4. The molecule has 0 fully saturated rings. The summed E-state index contributed by atoms with van der Waals surface area (Å²) in [5, 5.41) is 9.68. The van der Waals surface area contributed by atoms with Crippen molar-refractivity contribution in [3.05, 3.63) is 59.7 Å². The van der Waals surface area contributed by atoms with Crippen LogP contribution in [0, 0.1) is 6.92 Å². The number of aryl methyl sites for hydroxylation is 1. The third kappa shape index (κ3) is 3.93. The van der Waals surface area contributed by atoms with Crippen LogP contribution in [0.3, 0.4) is 0 Å². The molecule has 5 nitrogen and oxygen atoms in total. The lowest BCUT2D eigenvalue weighted by Crippen LogP contribution is -2.26. The number of nitrogens with one attached hydrogen (secondary N) is 1. The van der Waals surface area contributed by atoms with Crippen LogP contribution in [0.2, 0.25) is 0 Å². The van der Waals surface area contributed by atoms with Crippen molar-refractivity contribution in [2.45, 2.75) is 18.2 Å². The highest BCUT2D eigenvalue weighted by atomic mass is 32.2. The van der Waals surface area contributed by atoms with Gasteiger partial charge in [0.2, 0.25) is 10.0 Å². The molecule has 6 heteroatoms. The molecule has 0 heterocycles. The highest BCUT2D eigenvalue weighted by molar-refractivity contribution is 7.89. The first-order valence-corrected chi connectivity index (χ1v) is 8.26. The molecule has 0 aliphatic rings. The lowest BCUT2D eigenvalue weighted by Gasteiger charge is -2.07. The van der Waals surface area contributed by atoms with Crippen molar-refractivity contribution >= 4 is 15.8 Å². The number of benzene rings is 2. The first kappa shape index (κ1) is 16.2. The Morgan fingerprint density at radius 2 is 1.82 bits per heavy atom. The molecule has 2 aromatic rings. The minimum absolute atomic E-state index is 0.0244. The zero-order valence-electron chi connectivity index (χ0n) is 12.1. The molecule has 0 aromatic heterocycles. The Balaban J connectivity index is 1.99. The second-order valence-corrected chi connectivity index (χ2v) is 6.67. The van der Waals surface area contributed by atoms with E-state index < -0.39 is 10.0 Å². The molecule has 0 aliphatic carbocycles. The third-order valence-corrected chi connectivity index (χ3v) is 4.63. The lowest BCUT2D eigenvalue weighted by atomic mass is 10.0. The van der Waals surface area contributed by atoms with E-state index in [1.807, 2.05) is 6.92 Å². The van der Waals surface area contributed by atoms with Crippen LogP contribution in [-0.2, 0) is 10.0 Å². The zero-order chi connectivity index (χ0) is 16.2. The van der Waals surface area contributed by atoms with Gasteiger partial charge in [-0.3, -0.25) is 4.79 Å². The number of ketones is 1. The van der Waals surface area contributed by atoms with E-state index in [-0.39, 0.29) is 35.0 Å². The minimum Gasteiger partial charge on any atom is -0.507 e. The molecule has 2 N–H and O–H groups in total. The molecule has 0 spiro atoms. The van der Waals surface area contributed by atoms with Crippen LogP contribution in [0.4, 0.5) is 0 Å². The molecule has 0 saturated heterocycles. The van der Waals surface area contributed by atoms with Crippen molar-refractivity contribution in [3.8, 4) is 5.75 Å². The predicted octanol–water partition coefficient (Wildman–Crippen LogP) is 2.25. The largest absolute Gasteiger partial charge is 0.507 e. The monoisotopic (exact) mass is 319 g/mol. The van der Waals surface area contributed by atoms with E-state index in [1.165, 1.54) is 18.2 Å². The summed E-state index contributed by atoms with van der Waals surface area (Å²) in [4.78, 5) is 12.2. The Morgan fingerprint density at radius 3 is 2.50 bits per heavy atom. The fraction of sp³-hybridized carbons (Fsp3) is 0.188. The number of sulfonamides is 1. The summed E-state index contributed by atoms with van der Waals surface area (Å²) in [7, 11) is -3.62. The Morgan fingerprint density at radius 1 is 1.14 bits per heavy atom. The lowest BCUT2D eigenvalue weighted by molar-refractivity contribution is 0.0982. The molecule has 0 radical (unpaired) electrons. The molecule has 2 rings (SSSR count). The maximum atomic E-state index is 12.0. The summed E-state index contributed by atoms with van der Waals surface area (Å²) in [5.41, 5.74) is 1.06. The summed E-state index contributed by atoms with van der Waals surface area (Å²) in [5.74, 6) is -0.404. The van der Waals surface area contributed by atoms with Gasteiger partial charge in [-0.2, -0.15) is 0 Å². The number of phenols is 1. The number of phenolic OH excluding ortho intramolecular Hbond substituents is 1. The number of rotatable bonds is 6. The molecule has 0 unspecified atom stereocenters. The normalized spacial score (nSPS) is 11.3. The van der Waals surface area contributed by atoms with Crippen LogP contribution < -0.4 is 4.72 Å². The fourth-order valence-corrected chi connectivity index (χ4v) is 3.04. The van der Waals surface area contributed by atoms with Gasteiger partial charge in [-0.1, -0.05) is 29.8 Å². The summed E-state index contributed by atoms with van der Waals surface area (Å²) in [6.07, 6.45) is -0.0247. The molecule has 22 heavy (non-hydrogen) atoms.